The maximum absolute atomic E-state index is 13.4. The molecule has 0 radical (unpaired) electrons. The molecule has 0 bridgehead atoms. The number of hydrogen-bond acceptors (Lipinski definition) is 3. The molecule has 2 fully saturated rings. The first-order valence-corrected chi connectivity index (χ1v) is 11.6. The van der Waals surface area contributed by atoms with Crippen molar-refractivity contribution in [2.24, 2.45) is 11.3 Å². The molecule has 4 rings (SSSR count). The van der Waals surface area contributed by atoms with E-state index < -0.39 is 5.41 Å². The van der Waals surface area contributed by atoms with Crippen molar-refractivity contribution in [3.05, 3.63) is 65.7 Å². The Morgan fingerprint density at radius 2 is 1.81 bits per heavy atom. The predicted molar refractivity (Wildman–Crippen MR) is 121 cm³/mol. The van der Waals surface area contributed by atoms with E-state index in [-0.39, 0.29) is 24.1 Å². The number of benzene rings is 1. The van der Waals surface area contributed by atoms with Crippen LogP contribution in [-0.2, 0) is 22.4 Å². The van der Waals surface area contributed by atoms with Crippen LogP contribution in [0.25, 0.3) is 0 Å². The van der Waals surface area contributed by atoms with E-state index >= 15 is 0 Å². The fourth-order valence-corrected chi connectivity index (χ4v) is 5.00. The van der Waals surface area contributed by atoms with Gasteiger partial charge in [-0.15, -0.1) is 0 Å². The molecule has 5 nitrogen and oxygen atoms in total. The van der Waals surface area contributed by atoms with E-state index in [1.807, 2.05) is 17.2 Å². The van der Waals surface area contributed by atoms with E-state index in [1.54, 1.807) is 18.3 Å². The maximum atomic E-state index is 13.4. The monoisotopic (exact) mass is 437 g/mol. The highest BCUT2D eigenvalue weighted by molar-refractivity contribution is 5.83. The average molecular weight is 438 g/mol. The third-order valence-corrected chi connectivity index (χ3v) is 7.06. The molecular formula is C26H32FN3O2. The molecule has 2 amide bonds. The Morgan fingerprint density at radius 3 is 2.50 bits per heavy atom. The second-order valence-electron chi connectivity index (χ2n) is 9.57. The van der Waals surface area contributed by atoms with Gasteiger partial charge in [-0.2, -0.15) is 0 Å². The summed E-state index contributed by atoms with van der Waals surface area (Å²) in [5.74, 6) is 0.450. The van der Waals surface area contributed by atoms with Crippen LogP contribution in [0.1, 0.15) is 43.7 Å². The van der Waals surface area contributed by atoms with Crippen molar-refractivity contribution in [1.29, 1.82) is 0 Å². The zero-order valence-corrected chi connectivity index (χ0v) is 18.8. The van der Waals surface area contributed by atoms with Gasteiger partial charge in [0.15, 0.2) is 0 Å². The fourth-order valence-electron chi connectivity index (χ4n) is 5.00. The molecule has 2 saturated heterocycles. The Balaban J connectivity index is 1.30. The molecule has 0 N–H and O–H groups in total. The smallest absolute Gasteiger partial charge is 0.228 e. The molecule has 1 atom stereocenters. The summed E-state index contributed by atoms with van der Waals surface area (Å²) < 4.78 is 13.1. The predicted octanol–water partition coefficient (Wildman–Crippen LogP) is 3.87. The van der Waals surface area contributed by atoms with Crippen LogP contribution in [0.4, 0.5) is 4.39 Å². The van der Waals surface area contributed by atoms with Crippen LogP contribution in [0.5, 0.6) is 0 Å². The quantitative estimate of drug-likeness (QED) is 0.714. The van der Waals surface area contributed by atoms with Crippen LogP contribution in [0.15, 0.2) is 48.8 Å². The van der Waals surface area contributed by atoms with Gasteiger partial charge in [-0.25, -0.2) is 4.39 Å². The van der Waals surface area contributed by atoms with Gasteiger partial charge in [0.1, 0.15) is 5.82 Å². The molecule has 3 heterocycles. The number of aromatic nitrogens is 1. The lowest BCUT2D eigenvalue weighted by atomic mass is 9.78. The third kappa shape index (κ3) is 5.34. The molecular weight excluding hydrogens is 405 g/mol. The Hall–Kier alpha value is -2.76. The maximum Gasteiger partial charge on any atom is 0.228 e. The van der Waals surface area contributed by atoms with Gasteiger partial charge in [0.2, 0.25) is 11.8 Å². The van der Waals surface area contributed by atoms with Crippen LogP contribution < -0.4 is 0 Å². The van der Waals surface area contributed by atoms with Crippen molar-refractivity contribution in [3.63, 3.8) is 0 Å². The Labute approximate surface area is 189 Å². The van der Waals surface area contributed by atoms with Crippen molar-refractivity contribution in [1.82, 2.24) is 14.8 Å². The second kappa shape index (κ2) is 9.80. The number of nitrogens with zero attached hydrogens (tertiary/aromatic N) is 3. The van der Waals surface area contributed by atoms with Crippen molar-refractivity contribution in [2.75, 3.05) is 26.2 Å². The van der Waals surface area contributed by atoms with E-state index in [9.17, 15) is 14.0 Å². The summed E-state index contributed by atoms with van der Waals surface area (Å²) >= 11 is 0. The molecule has 170 valence electrons. The number of carbonyl (C=O) groups excluding carboxylic acids is 2. The largest absolute Gasteiger partial charge is 0.342 e. The number of carbonyl (C=O) groups is 2. The van der Waals surface area contributed by atoms with Crippen molar-refractivity contribution in [2.45, 2.75) is 45.4 Å². The summed E-state index contributed by atoms with van der Waals surface area (Å²) in [6, 6.07) is 10.1. The molecule has 2 aliphatic heterocycles. The molecule has 0 spiro atoms. The number of likely N-dealkylation sites (tertiary alicyclic amines) is 2. The topological polar surface area (TPSA) is 53.5 Å². The van der Waals surface area contributed by atoms with Gasteiger partial charge in [-0.3, -0.25) is 14.6 Å². The van der Waals surface area contributed by atoms with Crippen LogP contribution >= 0.6 is 0 Å². The van der Waals surface area contributed by atoms with Gasteiger partial charge < -0.3 is 9.80 Å². The van der Waals surface area contributed by atoms with E-state index in [0.29, 0.717) is 31.8 Å². The minimum Gasteiger partial charge on any atom is -0.342 e. The fraction of sp³-hybridized carbons (Fsp3) is 0.500. The Bertz CT molecular complexity index is 924. The molecule has 2 aliphatic rings. The summed E-state index contributed by atoms with van der Waals surface area (Å²) in [4.78, 5) is 34.2. The van der Waals surface area contributed by atoms with E-state index in [2.05, 4.69) is 22.9 Å². The van der Waals surface area contributed by atoms with Crippen molar-refractivity contribution < 1.29 is 14.0 Å². The van der Waals surface area contributed by atoms with Crippen molar-refractivity contribution in [3.8, 4) is 0 Å². The standard InChI is InChI=1S/C26H32FN3O2/c1-26(10-14-29(15-11-26)24(31)17-20-6-8-23(27)9-7-20)25(32)30-13-3-5-22(19-30)16-21-4-2-12-28-18-21/h2,4,6-9,12,18,22H,3,5,10-11,13-17,19H2,1H3. The summed E-state index contributed by atoms with van der Waals surface area (Å²) in [6.07, 6.45) is 8.48. The minimum atomic E-state index is -0.414. The van der Waals surface area contributed by atoms with Crippen molar-refractivity contribution >= 4 is 11.8 Å². The number of piperidine rings is 2. The molecule has 2 aromatic rings. The molecule has 6 heteroatoms. The van der Waals surface area contributed by atoms with Gasteiger partial charge in [0.25, 0.3) is 0 Å². The van der Waals surface area contributed by atoms with Crippen LogP contribution in [0, 0.1) is 17.2 Å². The van der Waals surface area contributed by atoms with E-state index in [1.165, 1.54) is 17.7 Å². The molecule has 1 aromatic heterocycles. The van der Waals surface area contributed by atoms with Gasteiger partial charge in [0, 0.05) is 44.0 Å². The third-order valence-electron chi connectivity index (χ3n) is 7.06. The first kappa shape index (κ1) is 22.4. The highest BCUT2D eigenvalue weighted by Gasteiger charge is 2.41. The summed E-state index contributed by atoms with van der Waals surface area (Å²) in [5.41, 5.74) is 1.63. The zero-order valence-electron chi connectivity index (χ0n) is 18.8. The molecule has 1 unspecified atom stereocenters. The molecule has 32 heavy (non-hydrogen) atoms. The number of halogens is 1. The summed E-state index contributed by atoms with van der Waals surface area (Å²) in [5, 5.41) is 0. The number of rotatable bonds is 5. The lowest BCUT2D eigenvalue weighted by Gasteiger charge is -2.43. The average Bonchev–Trinajstić information content (AvgIpc) is 2.81. The van der Waals surface area contributed by atoms with Crippen LogP contribution in [0.2, 0.25) is 0 Å². The van der Waals surface area contributed by atoms with Gasteiger partial charge >= 0.3 is 0 Å². The lowest BCUT2D eigenvalue weighted by Crippen LogP contribution is -2.52. The Kier molecular flexibility index (Phi) is 6.87. The van der Waals surface area contributed by atoms with Crippen LogP contribution in [0.3, 0.4) is 0 Å². The normalized spacial score (nSPS) is 20.8. The van der Waals surface area contributed by atoms with Gasteiger partial charge in [-0.1, -0.05) is 25.1 Å². The van der Waals surface area contributed by atoms with E-state index in [4.69, 9.17) is 0 Å². The number of amides is 2. The van der Waals surface area contributed by atoms with Gasteiger partial charge in [0.05, 0.1) is 6.42 Å². The number of hydrogen-bond donors (Lipinski definition) is 0. The first-order chi connectivity index (χ1) is 15.4. The lowest BCUT2D eigenvalue weighted by molar-refractivity contribution is -0.148. The summed E-state index contributed by atoms with van der Waals surface area (Å²) in [6.45, 7) is 4.87. The molecule has 0 saturated carbocycles. The van der Waals surface area contributed by atoms with E-state index in [0.717, 1.165) is 37.9 Å². The second-order valence-corrected chi connectivity index (χ2v) is 9.57. The molecule has 0 aliphatic carbocycles. The summed E-state index contributed by atoms with van der Waals surface area (Å²) in [7, 11) is 0. The molecule has 1 aromatic carbocycles. The number of pyridine rings is 1. The van der Waals surface area contributed by atoms with Gasteiger partial charge in [-0.05, 0) is 67.3 Å². The SMILES string of the molecule is CC1(C(=O)N2CCCC(Cc3cccnc3)C2)CCN(C(=O)Cc2ccc(F)cc2)CC1. The highest BCUT2D eigenvalue weighted by atomic mass is 19.1. The zero-order chi connectivity index (χ0) is 22.6. The van der Waals surface area contributed by atoms with Crippen LogP contribution in [-0.4, -0.2) is 52.8 Å². The Morgan fingerprint density at radius 1 is 1.06 bits per heavy atom. The highest BCUT2D eigenvalue weighted by Crippen LogP contribution is 2.35. The minimum absolute atomic E-state index is 0.0422. The first-order valence-electron chi connectivity index (χ1n) is 11.6.